The zero-order valence-corrected chi connectivity index (χ0v) is 12.9. The summed E-state index contributed by atoms with van der Waals surface area (Å²) in [7, 11) is 0. The van der Waals surface area contributed by atoms with E-state index in [0.717, 1.165) is 5.02 Å². The lowest BCUT2D eigenvalue weighted by Gasteiger charge is -2.21. The minimum absolute atomic E-state index is 0.145. The zero-order valence-electron chi connectivity index (χ0n) is 12.2. The fourth-order valence-corrected chi connectivity index (χ4v) is 3.15. The molecule has 0 spiro atoms. The molecule has 0 heterocycles. The molecule has 3 rings (SSSR count). The molecule has 1 atom stereocenters. The maximum Gasteiger partial charge on any atom is 0.0409 e. The Bertz CT molecular complexity index is 660. The van der Waals surface area contributed by atoms with Gasteiger partial charge < -0.3 is 0 Å². The van der Waals surface area contributed by atoms with Gasteiger partial charge in [-0.1, -0.05) is 74.8 Å². The molecule has 0 nitrogen and oxygen atoms in total. The first kappa shape index (κ1) is 13.5. The Morgan fingerprint density at radius 2 is 1.65 bits per heavy atom. The average molecular weight is 283 g/mol. The molecule has 1 heteroatoms. The van der Waals surface area contributed by atoms with Crippen molar-refractivity contribution in [2.75, 3.05) is 0 Å². The first-order chi connectivity index (χ1) is 9.47. The Morgan fingerprint density at radius 1 is 0.950 bits per heavy atom. The van der Waals surface area contributed by atoms with Gasteiger partial charge in [-0.05, 0) is 39.8 Å². The van der Waals surface area contributed by atoms with Gasteiger partial charge in [0.05, 0.1) is 0 Å². The SMILES string of the molecule is CC(C)(C)C1=CC(c2ccccc2)c2cc(Cl)ccc21. The molecule has 2 aromatic rings. The molecule has 20 heavy (non-hydrogen) atoms. The van der Waals surface area contributed by atoms with Crippen LogP contribution < -0.4 is 0 Å². The van der Waals surface area contributed by atoms with Crippen molar-refractivity contribution in [2.45, 2.75) is 26.7 Å². The minimum Gasteiger partial charge on any atom is -0.0843 e. The van der Waals surface area contributed by atoms with E-state index in [9.17, 15) is 0 Å². The number of rotatable bonds is 1. The number of benzene rings is 2. The van der Waals surface area contributed by atoms with Crippen LogP contribution in [-0.4, -0.2) is 0 Å². The second kappa shape index (κ2) is 4.79. The number of fused-ring (bicyclic) bond motifs is 1. The summed E-state index contributed by atoms with van der Waals surface area (Å²) in [5, 5.41) is 0.813. The first-order valence-electron chi connectivity index (χ1n) is 7.04. The third-order valence-corrected chi connectivity index (χ3v) is 4.17. The van der Waals surface area contributed by atoms with Crippen molar-refractivity contribution in [1.82, 2.24) is 0 Å². The second-order valence-corrected chi connectivity index (χ2v) is 6.89. The second-order valence-electron chi connectivity index (χ2n) is 6.45. The van der Waals surface area contributed by atoms with E-state index in [1.165, 1.54) is 22.3 Å². The summed E-state index contributed by atoms with van der Waals surface area (Å²) < 4.78 is 0. The van der Waals surface area contributed by atoms with Crippen LogP contribution >= 0.6 is 11.6 Å². The normalized spacial score (nSPS) is 17.8. The quantitative estimate of drug-likeness (QED) is 0.609. The third kappa shape index (κ3) is 2.29. The summed E-state index contributed by atoms with van der Waals surface area (Å²) in [6.45, 7) is 6.81. The molecular formula is C19H19Cl. The fourth-order valence-electron chi connectivity index (χ4n) is 2.97. The number of halogens is 1. The van der Waals surface area contributed by atoms with Crippen LogP contribution in [-0.2, 0) is 0 Å². The molecule has 0 amide bonds. The van der Waals surface area contributed by atoms with Crippen LogP contribution in [0.3, 0.4) is 0 Å². The van der Waals surface area contributed by atoms with Gasteiger partial charge in [0.2, 0.25) is 0 Å². The van der Waals surface area contributed by atoms with Crippen LogP contribution in [0, 0.1) is 5.41 Å². The van der Waals surface area contributed by atoms with Gasteiger partial charge in [0.15, 0.2) is 0 Å². The summed E-state index contributed by atoms with van der Waals surface area (Å²) in [5.41, 5.74) is 5.56. The van der Waals surface area contributed by atoms with E-state index in [-0.39, 0.29) is 5.41 Å². The molecule has 1 aliphatic carbocycles. The van der Waals surface area contributed by atoms with Crippen LogP contribution in [0.15, 0.2) is 54.6 Å². The largest absolute Gasteiger partial charge is 0.0843 e. The fraction of sp³-hybridized carbons (Fsp3) is 0.263. The van der Waals surface area contributed by atoms with E-state index >= 15 is 0 Å². The van der Waals surface area contributed by atoms with Gasteiger partial charge in [0.1, 0.15) is 0 Å². The Labute approximate surface area is 126 Å². The van der Waals surface area contributed by atoms with E-state index in [4.69, 9.17) is 11.6 Å². The van der Waals surface area contributed by atoms with Crippen molar-refractivity contribution >= 4 is 17.2 Å². The van der Waals surface area contributed by atoms with Crippen molar-refractivity contribution < 1.29 is 0 Å². The maximum atomic E-state index is 6.21. The van der Waals surface area contributed by atoms with E-state index in [2.05, 4.69) is 69.3 Å². The average Bonchev–Trinajstić information content (AvgIpc) is 2.78. The highest BCUT2D eigenvalue weighted by Gasteiger charge is 2.30. The number of hydrogen-bond acceptors (Lipinski definition) is 0. The molecule has 0 fully saturated rings. The molecule has 1 unspecified atom stereocenters. The van der Waals surface area contributed by atoms with E-state index in [1.54, 1.807) is 0 Å². The lowest BCUT2D eigenvalue weighted by molar-refractivity contribution is 0.567. The molecule has 0 saturated carbocycles. The van der Waals surface area contributed by atoms with Crippen molar-refractivity contribution in [1.29, 1.82) is 0 Å². The van der Waals surface area contributed by atoms with Crippen LogP contribution in [0.5, 0.6) is 0 Å². The van der Waals surface area contributed by atoms with Crippen molar-refractivity contribution in [3.05, 3.63) is 76.3 Å². The van der Waals surface area contributed by atoms with Crippen LogP contribution in [0.25, 0.3) is 5.57 Å². The Kier molecular flexibility index (Phi) is 3.22. The molecule has 0 bridgehead atoms. The maximum absolute atomic E-state index is 6.21. The van der Waals surface area contributed by atoms with E-state index < -0.39 is 0 Å². The summed E-state index contributed by atoms with van der Waals surface area (Å²) in [6, 6.07) is 16.9. The third-order valence-electron chi connectivity index (χ3n) is 3.94. The van der Waals surface area contributed by atoms with Gasteiger partial charge >= 0.3 is 0 Å². The van der Waals surface area contributed by atoms with Gasteiger partial charge in [-0.3, -0.25) is 0 Å². The lowest BCUT2D eigenvalue weighted by Crippen LogP contribution is -2.06. The van der Waals surface area contributed by atoms with Crippen molar-refractivity contribution in [3.8, 4) is 0 Å². The first-order valence-corrected chi connectivity index (χ1v) is 7.42. The zero-order chi connectivity index (χ0) is 14.3. The Morgan fingerprint density at radius 3 is 2.30 bits per heavy atom. The molecule has 0 aromatic heterocycles. The van der Waals surface area contributed by atoms with Crippen LogP contribution in [0.1, 0.15) is 43.4 Å². The highest BCUT2D eigenvalue weighted by atomic mass is 35.5. The monoisotopic (exact) mass is 282 g/mol. The molecule has 0 N–H and O–H groups in total. The summed E-state index contributed by atoms with van der Waals surface area (Å²) >= 11 is 6.21. The summed E-state index contributed by atoms with van der Waals surface area (Å²) in [5.74, 6) is 0.319. The summed E-state index contributed by atoms with van der Waals surface area (Å²) in [4.78, 5) is 0. The van der Waals surface area contributed by atoms with Gasteiger partial charge in [0, 0.05) is 10.9 Å². The Hall–Kier alpha value is -1.53. The lowest BCUT2D eigenvalue weighted by atomic mass is 9.83. The van der Waals surface area contributed by atoms with Gasteiger partial charge in [-0.2, -0.15) is 0 Å². The molecule has 0 aliphatic heterocycles. The van der Waals surface area contributed by atoms with Crippen LogP contribution in [0.4, 0.5) is 0 Å². The topological polar surface area (TPSA) is 0 Å². The smallest absolute Gasteiger partial charge is 0.0409 e. The van der Waals surface area contributed by atoms with Crippen molar-refractivity contribution in [2.24, 2.45) is 5.41 Å². The number of hydrogen-bond donors (Lipinski definition) is 0. The summed E-state index contributed by atoms with van der Waals surface area (Å²) in [6.07, 6.45) is 2.40. The highest BCUT2D eigenvalue weighted by Crippen LogP contribution is 2.47. The number of allylic oxidation sites excluding steroid dienone is 2. The molecule has 2 aromatic carbocycles. The standard InChI is InChI=1S/C19H19Cl/c1-19(2,3)18-12-16(13-7-5-4-6-8-13)17-11-14(20)9-10-15(17)18/h4-12,16H,1-3H3. The van der Waals surface area contributed by atoms with Gasteiger partial charge in [-0.25, -0.2) is 0 Å². The predicted molar refractivity (Wildman–Crippen MR) is 87.2 cm³/mol. The molecule has 102 valence electrons. The van der Waals surface area contributed by atoms with Gasteiger partial charge in [-0.15, -0.1) is 0 Å². The molecule has 0 radical (unpaired) electrons. The molecule has 0 saturated heterocycles. The van der Waals surface area contributed by atoms with Gasteiger partial charge in [0.25, 0.3) is 0 Å². The Balaban J connectivity index is 2.18. The van der Waals surface area contributed by atoms with Crippen molar-refractivity contribution in [3.63, 3.8) is 0 Å². The highest BCUT2D eigenvalue weighted by molar-refractivity contribution is 6.30. The van der Waals surface area contributed by atoms with Crippen LogP contribution in [0.2, 0.25) is 5.02 Å². The van der Waals surface area contributed by atoms with E-state index in [1.807, 2.05) is 6.07 Å². The predicted octanol–water partition coefficient (Wildman–Crippen LogP) is 5.92. The van der Waals surface area contributed by atoms with E-state index in [0.29, 0.717) is 5.92 Å². The molecule has 1 aliphatic rings. The molecular weight excluding hydrogens is 264 g/mol. The minimum atomic E-state index is 0.145.